The first-order chi connectivity index (χ1) is 9.86. The normalized spacial score (nSPS) is 19.1. The van der Waals surface area contributed by atoms with Crippen molar-refractivity contribution in [3.63, 3.8) is 0 Å². The third-order valence-corrected chi connectivity index (χ3v) is 3.99. The minimum atomic E-state index is 0.555. The number of hydrogen-bond acceptors (Lipinski definition) is 2. The zero-order valence-corrected chi connectivity index (χ0v) is 12.0. The lowest BCUT2D eigenvalue weighted by atomic mass is 10.0. The van der Waals surface area contributed by atoms with Crippen molar-refractivity contribution in [1.82, 2.24) is 4.90 Å². The van der Waals surface area contributed by atoms with Crippen molar-refractivity contribution >= 4 is 0 Å². The van der Waals surface area contributed by atoms with E-state index in [4.69, 9.17) is 4.74 Å². The molecule has 1 aliphatic rings. The van der Waals surface area contributed by atoms with E-state index in [9.17, 15) is 0 Å². The molecule has 1 atom stereocenters. The van der Waals surface area contributed by atoms with Crippen LogP contribution in [0.3, 0.4) is 0 Å². The van der Waals surface area contributed by atoms with Crippen LogP contribution in [-0.2, 0) is 0 Å². The fourth-order valence-electron chi connectivity index (χ4n) is 2.99. The number of para-hydroxylation sites is 1. The number of rotatable bonds is 4. The molecular weight excluding hydrogens is 246 g/mol. The largest absolute Gasteiger partial charge is 0.457 e. The van der Waals surface area contributed by atoms with Crippen LogP contribution in [0.4, 0.5) is 0 Å². The third kappa shape index (κ3) is 2.86. The highest BCUT2D eigenvalue weighted by molar-refractivity contribution is 5.35. The predicted octanol–water partition coefficient (Wildman–Crippen LogP) is 4.64. The summed E-state index contributed by atoms with van der Waals surface area (Å²) in [5.41, 5.74) is 1.37. The molecule has 3 rings (SSSR count). The standard InChI is InChI=1S/C18H21NO/c1-2-19-13-7-12-18(19)15-8-6-11-17(14-15)20-16-9-4-3-5-10-16/h3-6,8-11,14,18H,2,7,12-13H2,1H3. The van der Waals surface area contributed by atoms with Gasteiger partial charge in [0.2, 0.25) is 0 Å². The Bertz CT molecular complexity index is 552. The third-order valence-electron chi connectivity index (χ3n) is 3.99. The van der Waals surface area contributed by atoms with Crippen molar-refractivity contribution < 1.29 is 4.74 Å². The molecule has 20 heavy (non-hydrogen) atoms. The van der Waals surface area contributed by atoms with Gasteiger partial charge in [-0.15, -0.1) is 0 Å². The van der Waals surface area contributed by atoms with E-state index in [2.05, 4.69) is 30.0 Å². The van der Waals surface area contributed by atoms with Crippen LogP contribution in [0.25, 0.3) is 0 Å². The van der Waals surface area contributed by atoms with Gasteiger partial charge >= 0.3 is 0 Å². The Morgan fingerprint density at radius 2 is 1.85 bits per heavy atom. The summed E-state index contributed by atoms with van der Waals surface area (Å²) in [6.07, 6.45) is 2.55. The Morgan fingerprint density at radius 1 is 1.05 bits per heavy atom. The first kappa shape index (κ1) is 13.2. The van der Waals surface area contributed by atoms with E-state index >= 15 is 0 Å². The molecule has 0 aliphatic carbocycles. The molecular formula is C18H21NO. The zero-order valence-electron chi connectivity index (χ0n) is 12.0. The van der Waals surface area contributed by atoms with E-state index < -0.39 is 0 Å². The topological polar surface area (TPSA) is 12.5 Å². The zero-order chi connectivity index (χ0) is 13.8. The molecule has 1 saturated heterocycles. The van der Waals surface area contributed by atoms with Crippen LogP contribution in [0.1, 0.15) is 31.4 Å². The van der Waals surface area contributed by atoms with Crippen molar-refractivity contribution in [2.75, 3.05) is 13.1 Å². The molecule has 0 saturated carbocycles. The molecule has 0 amide bonds. The van der Waals surface area contributed by atoms with Gasteiger partial charge in [-0.3, -0.25) is 4.90 Å². The maximum Gasteiger partial charge on any atom is 0.127 e. The molecule has 2 nitrogen and oxygen atoms in total. The van der Waals surface area contributed by atoms with E-state index in [0.29, 0.717) is 6.04 Å². The number of likely N-dealkylation sites (tertiary alicyclic amines) is 1. The van der Waals surface area contributed by atoms with Gasteiger partial charge in [0.05, 0.1) is 0 Å². The van der Waals surface area contributed by atoms with Gasteiger partial charge in [0.15, 0.2) is 0 Å². The monoisotopic (exact) mass is 267 g/mol. The summed E-state index contributed by atoms with van der Waals surface area (Å²) in [5.74, 6) is 1.82. The molecule has 0 aromatic heterocycles. The summed E-state index contributed by atoms with van der Waals surface area (Å²) < 4.78 is 5.93. The molecule has 0 N–H and O–H groups in total. The Balaban J connectivity index is 1.79. The highest BCUT2D eigenvalue weighted by Crippen LogP contribution is 2.33. The Labute approximate surface area is 121 Å². The summed E-state index contributed by atoms with van der Waals surface area (Å²) in [4.78, 5) is 2.54. The summed E-state index contributed by atoms with van der Waals surface area (Å²) in [6, 6.07) is 19.1. The predicted molar refractivity (Wildman–Crippen MR) is 82.2 cm³/mol. The van der Waals surface area contributed by atoms with Crippen molar-refractivity contribution in [3.8, 4) is 11.5 Å². The highest BCUT2D eigenvalue weighted by atomic mass is 16.5. The van der Waals surface area contributed by atoms with Crippen LogP contribution in [0.15, 0.2) is 54.6 Å². The first-order valence-electron chi connectivity index (χ1n) is 7.43. The van der Waals surface area contributed by atoms with Gasteiger partial charge in [-0.1, -0.05) is 37.3 Å². The molecule has 0 radical (unpaired) electrons. The number of benzene rings is 2. The molecule has 1 unspecified atom stereocenters. The molecule has 1 aliphatic heterocycles. The second-order valence-corrected chi connectivity index (χ2v) is 5.27. The van der Waals surface area contributed by atoms with Crippen molar-refractivity contribution in [2.45, 2.75) is 25.8 Å². The Kier molecular flexibility index (Phi) is 4.03. The lowest BCUT2D eigenvalue weighted by Gasteiger charge is -2.23. The van der Waals surface area contributed by atoms with Gasteiger partial charge < -0.3 is 4.74 Å². The molecule has 2 aromatic carbocycles. The lowest BCUT2D eigenvalue weighted by Crippen LogP contribution is -2.22. The fourth-order valence-corrected chi connectivity index (χ4v) is 2.99. The van der Waals surface area contributed by atoms with E-state index in [-0.39, 0.29) is 0 Å². The molecule has 0 spiro atoms. The summed E-state index contributed by atoms with van der Waals surface area (Å²) in [6.45, 7) is 4.57. The summed E-state index contributed by atoms with van der Waals surface area (Å²) in [5, 5.41) is 0. The minimum absolute atomic E-state index is 0.555. The SMILES string of the molecule is CCN1CCCC1c1cccc(Oc2ccccc2)c1. The smallest absolute Gasteiger partial charge is 0.127 e. The van der Waals surface area contributed by atoms with E-state index in [1.54, 1.807) is 0 Å². The van der Waals surface area contributed by atoms with E-state index in [1.807, 2.05) is 36.4 Å². The quantitative estimate of drug-likeness (QED) is 0.800. The van der Waals surface area contributed by atoms with Gasteiger partial charge in [0, 0.05) is 6.04 Å². The number of hydrogen-bond donors (Lipinski definition) is 0. The van der Waals surface area contributed by atoms with Crippen molar-refractivity contribution in [2.24, 2.45) is 0 Å². The van der Waals surface area contributed by atoms with Gasteiger partial charge in [-0.2, -0.15) is 0 Å². The van der Waals surface area contributed by atoms with Crippen LogP contribution in [0, 0.1) is 0 Å². The van der Waals surface area contributed by atoms with Crippen LogP contribution >= 0.6 is 0 Å². The average Bonchev–Trinajstić information content (AvgIpc) is 2.97. The van der Waals surface area contributed by atoms with Crippen molar-refractivity contribution in [3.05, 3.63) is 60.2 Å². The molecule has 2 heteroatoms. The first-order valence-corrected chi connectivity index (χ1v) is 7.43. The molecule has 104 valence electrons. The summed E-state index contributed by atoms with van der Waals surface area (Å²) in [7, 11) is 0. The van der Waals surface area contributed by atoms with E-state index in [0.717, 1.165) is 18.0 Å². The summed E-state index contributed by atoms with van der Waals surface area (Å²) >= 11 is 0. The number of nitrogens with zero attached hydrogens (tertiary/aromatic N) is 1. The molecule has 0 bridgehead atoms. The second-order valence-electron chi connectivity index (χ2n) is 5.27. The van der Waals surface area contributed by atoms with Gasteiger partial charge in [0.1, 0.15) is 11.5 Å². The Morgan fingerprint density at radius 3 is 2.65 bits per heavy atom. The van der Waals surface area contributed by atoms with Crippen LogP contribution in [-0.4, -0.2) is 18.0 Å². The van der Waals surface area contributed by atoms with E-state index in [1.165, 1.54) is 24.9 Å². The van der Waals surface area contributed by atoms with Crippen LogP contribution < -0.4 is 4.74 Å². The van der Waals surface area contributed by atoms with Gasteiger partial charge in [-0.05, 0) is 55.8 Å². The average molecular weight is 267 g/mol. The number of ether oxygens (including phenoxy) is 1. The second kappa shape index (κ2) is 6.10. The lowest BCUT2D eigenvalue weighted by molar-refractivity contribution is 0.271. The molecule has 1 fully saturated rings. The Hall–Kier alpha value is -1.80. The molecule has 1 heterocycles. The fraction of sp³-hybridized carbons (Fsp3) is 0.333. The van der Waals surface area contributed by atoms with Crippen molar-refractivity contribution in [1.29, 1.82) is 0 Å². The minimum Gasteiger partial charge on any atom is -0.457 e. The molecule has 2 aromatic rings. The van der Waals surface area contributed by atoms with Gasteiger partial charge in [-0.25, -0.2) is 0 Å². The van der Waals surface area contributed by atoms with Crippen LogP contribution in [0.2, 0.25) is 0 Å². The maximum atomic E-state index is 5.93. The van der Waals surface area contributed by atoms with Crippen LogP contribution in [0.5, 0.6) is 11.5 Å². The highest BCUT2D eigenvalue weighted by Gasteiger charge is 2.24. The maximum absolute atomic E-state index is 5.93. The van der Waals surface area contributed by atoms with Gasteiger partial charge in [0.25, 0.3) is 0 Å².